The van der Waals surface area contributed by atoms with Crippen molar-refractivity contribution in [3.05, 3.63) is 72.1 Å². The summed E-state index contributed by atoms with van der Waals surface area (Å²) < 4.78 is 14.3. The number of allylic oxidation sites excluding steroid dienone is 1. The topological polar surface area (TPSA) is 0 Å². The van der Waals surface area contributed by atoms with Gasteiger partial charge in [-0.2, -0.15) is 0 Å². The fraction of sp³-hybridized carbons (Fsp3) is 0.481. The minimum atomic E-state index is -0.124. The molecule has 0 bridgehead atoms. The average molecular weight is 377 g/mol. The van der Waals surface area contributed by atoms with Crippen LogP contribution >= 0.6 is 0 Å². The lowest BCUT2D eigenvalue weighted by Crippen LogP contribution is -2.30. The van der Waals surface area contributed by atoms with Gasteiger partial charge in [0.15, 0.2) is 0 Å². The standard InChI is InChI=1S/C27H33F/c1-3-4-5-20-7-8-25-18-24(14-13-23(25)17-20)21-9-11-22(12-10-21)26-15-6-19(2)16-27(26)28/h3,6,9-12,15-16,20,23-25H,1,4-5,7-8,13-14,17-18H2,2H3. The summed E-state index contributed by atoms with van der Waals surface area (Å²) in [6.45, 7) is 5.81. The third-order valence-corrected chi connectivity index (χ3v) is 7.32. The number of halogens is 1. The molecule has 0 N–H and O–H groups in total. The fourth-order valence-corrected chi connectivity index (χ4v) is 5.69. The number of benzene rings is 2. The van der Waals surface area contributed by atoms with E-state index in [9.17, 15) is 4.39 Å². The Morgan fingerprint density at radius 1 is 0.964 bits per heavy atom. The van der Waals surface area contributed by atoms with Crippen molar-refractivity contribution in [2.75, 3.05) is 0 Å². The van der Waals surface area contributed by atoms with Crippen LogP contribution in [-0.4, -0.2) is 0 Å². The van der Waals surface area contributed by atoms with Crippen molar-refractivity contribution in [3.8, 4) is 11.1 Å². The third-order valence-electron chi connectivity index (χ3n) is 7.32. The van der Waals surface area contributed by atoms with Gasteiger partial charge < -0.3 is 0 Å². The van der Waals surface area contributed by atoms with E-state index >= 15 is 0 Å². The molecule has 2 aliphatic rings. The highest BCUT2D eigenvalue weighted by atomic mass is 19.1. The van der Waals surface area contributed by atoms with Crippen LogP contribution < -0.4 is 0 Å². The fourth-order valence-electron chi connectivity index (χ4n) is 5.69. The summed E-state index contributed by atoms with van der Waals surface area (Å²) in [7, 11) is 0. The minimum absolute atomic E-state index is 0.124. The van der Waals surface area contributed by atoms with Crippen LogP contribution in [0.4, 0.5) is 4.39 Å². The maximum Gasteiger partial charge on any atom is 0.131 e. The maximum atomic E-state index is 14.3. The molecule has 1 heteroatoms. The summed E-state index contributed by atoms with van der Waals surface area (Å²) in [6, 6.07) is 14.2. The molecule has 148 valence electrons. The number of hydrogen-bond acceptors (Lipinski definition) is 0. The summed E-state index contributed by atoms with van der Waals surface area (Å²) in [5.74, 6) is 3.34. The summed E-state index contributed by atoms with van der Waals surface area (Å²) in [5.41, 5.74) is 4.11. The lowest BCUT2D eigenvalue weighted by Gasteiger charge is -2.42. The van der Waals surface area contributed by atoms with Gasteiger partial charge in [0.2, 0.25) is 0 Å². The van der Waals surface area contributed by atoms with Crippen molar-refractivity contribution in [3.63, 3.8) is 0 Å². The van der Waals surface area contributed by atoms with E-state index in [0.717, 1.165) is 28.9 Å². The molecule has 2 aromatic rings. The van der Waals surface area contributed by atoms with Crippen molar-refractivity contribution in [2.45, 2.75) is 64.2 Å². The number of aryl methyl sites for hydroxylation is 1. The van der Waals surface area contributed by atoms with Crippen LogP contribution in [0.25, 0.3) is 11.1 Å². The number of rotatable bonds is 5. The third kappa shape index (κ3) is 4.24. The molecule has 2 saturated carbocycles. The van der Waals surface area contributed by atoms with Crippen molar-refractivity contribution in [1.82, 2.24) is 0 Å². The van der Waals surface area contributed by atoms with E-state index in [1.807, 2.05) is 19.1 Å². The number of hydrogen-bond donors (Lipinski definition) is 0. The molecule has 4 unspecified atom stereocenters. The molecule has 2 aromatic carbocycles. The van der Waals surface area contributed by atoms with Gasteiger partial charge in [0.05, 0.1) is 0 Å². The van der Waals surface area contributed by atoms with Gasteiger partial charge in [-0.1, -0.05) is 48.9 Å². The number of fused-ring (bicyclic) bond motifs is 1. The molecule has 0 aromatic heterocycles. The maximum absolute atomic E-state index is 14.3. The van der Waals surface area contributed by atoms with Crippen LogP contribution in [0.3, 0.4) is 0 Å². The Kier molecular flexibility index (Phi) is 5.99. The van der Waals surface area contributed by atoms with Crippen LogP contribution in [0.15, 0.2) is 55.1 Å². The van der Waals surface area contributed by atoms with E-state index in [1.54, 1.807) is 6.07 Å². The van der Waals surface area contributed by atoms with E-state index in [4.69, 9.17) is 0 Å². The monoisotopic (exact) mass is 376 g/mol. The van der Waals surface area contributed by atoms with E-state index in [-0.39, 0.29) is 5.82 Å². The van der Waals surface area contributed by atoms with Crippen LogP contribution in [0.5, 0.6) is 0 Å². The van der Waals surface area contributed by atoms with Gasteiger partial charge in [-0.3, -0.25) is 0 Å². The summed E-state index contributed by atoms with van der Waals surface area (Å²) in [5, 5.41) is 0. The Morgan fingerprint density at radius 2 is 1.71 bits per heavy atom. The minimum Gasteiger partial charge on any atom is -0.206 e. The summed E-state index contributed by atoms with van der Waals surface area (Å²) >= 11 is 0. The first kappa shape index (κ1) is 19.4. The van der Waals surface area contributed by atoms with Crippen molar-refractivity contribution in [1.29, 1.82) is 0 Å². The van der Waals surface area contributed by atoms with Crippen LogP contribution in [0, 0.1) is 30.5 Å². The SMILES string of the molecule is C=CCCC1CCC2CC(c3ccc(-c4ccc(C)cc4F)cc3)CCC2C1. The molecule has 0 saturated heterocycles. The van der Waals surface area contributed by atoms with Crippen molar-refractivity contribution < 1.29 is 4.39 Å². The quantitative estimate of drug-likeness (QED) is 0.463. The molecule has 4 rings (SSSR count). The van der Waals surface area contributed by atoms with E-state index in [0.29, 0.717) is 11.5 Å². The smallest absolute Gasteiger partial charge is 0.131 e. The predicted octanol–water partition coefficient (Wildman–Crippen LogP) is 8.07. The Morgan fingerprint density at radius 3 is 2.46 bits per heavy atom. The highest BCUT2D eigenvalue weighted by Gasteiger charge is 2.35. The molecule has 0 nitrogen and oxygen atoms in total. The molecule has 28 heavy (non-hydrogen) atoms. The first-order valence-electron chi connectivity index (χ1n) is 11.1. The second-order valence-corrected chi connectivity index (χ2v) is 9.18. The average Bonchev–Trinajstić information content (AvgIpc) is 2.72. The molecule has 2 aliphatic carbocycles. The van der Waals surface area contributed by atoms with E-state index in [1.165, 1.54) is 56.9 Å². The van der Waals surface area contributed by atoms with Crippen molar-refractivity contribution in [2.24, 2.45) is 17.8 Å². The first-order valence-corrected chi connectivity index (χ1v) is 11.1. The molecule has 0 spiro atoms. The normalized spacial score (nSPS) is 27.2. The molecular weight excluding hydrogens is 343 g/mol. The van der Waals surface area contributed by atoms with Crippen LogP contribution in [0.2, 0.25) is 0 Å². The zero-order valence-electron chi connectivity index (χ0n) is 17.2. The molecule has 0 amide bonds. The van der Waals surface area contributed by atoms with E-state index < -0.39 is 0 Å². The second kappa shape index (κ2) is 8.64. The van der Waals surface area contributed by atoms with Gasteiger partial charge in [0, 0.05) is 5.56 Å². The molecule has 0 heterocycles. The summed E-state index contributed by atoms with van der Waals surface area (Å²) in [4.78, 5) is 0. The Bertz CT molecular complexity index is 804. The largest absolute Gasteiger partial charge is 0.206 e. The Balaban J connectivity index is 1.40. The highest BCUT2D eigenvalue weighted by Crippen LogP contribution is 2.48. The molecule has 0 aliphatic heterocycles. The zero-order valence-corrected chi connectivity index (χ0v) is 17.2. The van der Waals surface area contributed by atoms with Crippen LogP contribution in [0.1, 0.15) is 68.4 Å². The van der Waals surface area contributed by atoms with Crippen LogP contribution in [-0.2, 0) is 0 Å². The van der Waals surface area contributed by atoms with E-state index in [2.05, 4.69) is 36.9 Å². The van der Waals surface area contributed by atoms with Gasteiger partial charge in [-0.25, -0.2) is 4.39 Å². The zero-order chi connectivity index (χ0) is 19.5. The molecule has 0 radical (unpaired) electrons. The highest BCUT2D eigenvalue weighted by molar-refractivity contribution is 5.64. The lowest BCUT2D eigenvalue weighted by atomic mass is 9.63. The first-order chi connectivity index (χ1) is 13.6. The van der Waals surface area contributed by atoms with Gasteiger partial charge in [0.25, 0.3) is 0 Å². The van der Waals surface area contributed by atoms with Gasteiger partial charge in [-0.05, 0) is 98.3 Å². The molecule has 2 fully saturated rings. The van der Waals surface area contributed by atoms with Gasteiger partial charge >= 0.3 is 0 Å². The Hall–Kier alpha value is -1.89. The Labute approximate surface area is 169 Å². The molecular formula is C27H33F. The molecule has 4 atom stereocenters. The predicted molar refractivity (Wildman–Crippen MR) is 117 cm³/mol. The summed E-state index contributed by atoms with van der Waals surface area (Å²) in [6.07, 6.45) is 12.9. The van der Waals surface area contributed by atoms with Crippen molar-refractivity contribution >= 4 is 0 Å². The van der Waals surface area contributed by atoms with Gasteiger partial charge in [-0.15, -0.1) is 6.58 Å². The second-order valence-electron chi connectivity index (χ2n) is 9.18. The van der Waals surface area contributed by atoms with Gasteiger partial charge in [0.1, 0.15) is 5.82 Å². The lowest BCUT2D eigenvalue weighted by molar-refractivity contribution is 0.115.